The van der Waals surface area contributed by atoms with Crippen LogP contribution in [0.2, 0.25) is 0 Å². The van der Waals surface area contributed by atoms with Crippen LogP contribution < -0.4 is 4.74 Å². The normalized spacial score (nSPS) is 12.3. The molecular weight excluding hydrogens is 250 g/mol. The van der Waals surface area contributed by atoms with E-state index in [0.717, 1.165) is 27.8 Å². The van der Waals surface area contributed by atoms with Gasteiger partial charge in [-0.1, -0.05) is 30.3 Å². The van der Waals surface area contributed by atoms with Gasteiger partial charge in [0.15, 0.2) is 0 Å². The first-order valence-corrected chi connectivity index (χ1v) is 6.45. The molecule has 20 heavy (non-hydrogen) atoms. The van der Waals surface area contributed by atoms with Crippen molar-refractivity contribution in [2.45, 2.75) is 6.10 Å². The van der Waals surface area contributed by atoms with Gasteiger partial charge >= 0.3 is 0 Å². The lowest BCUT2D eigenvalue weighted by Gasteiger charge is -2.14. The minimum atomic E-state index is -0.696. The van der Waals surface area contributed by atoms with Crippen LogP contribution >= 0.6 is 0 Å². The molecule has 0 bridgehead atoms. The average molecular weight is 265 g/mol. The Morgan fingerprint density at radius 3 is 2.75 bits per heavy atom. The molecule has 1 unspecified atom stereocenters. The number of pyridine rings is 1. The van der Waals surface area contributed by atoms with Crippen molar-refractivity contribution in [3.05, 3.63) is 71.9 Å². The molecule has 3 heteroatoms. The van der Waals surface area contributed by atoms with E-state index in [0.29, 0.717) is 0 Å². The summed E-state index contributed by atoms with van der Waals surface area (Å²) in [5, 5.41) is 11.6. The summed E-state index contributed by atoms with van der Waals surface area (Å²) in [6.45, 7) is 0. The maximum absolute atomic E-state index is 10.6. The minimum Gasteiger partial charge on any atom is -0.497 e. The SMILES string of the molecule is COc1cccc(C(O)c2ccnc3ccccc23)c1. The summed E-state index contributed by atoms with van der Waals surface area (Å²) in [6, 6.07) is 17.1. The van der Waals surface area contributed by atoms with E-state index >= 15 is 0 Å². The standard InChI is InChI=1S/C17H15NO2/c1-20-13-6-4-5-12(11-13)17(19)15-9-10-18-16-8-3-2-7-14(15)16/h2-11,17,19H,1H3. The zero-order valence-electron chi connectivity index (χ0n) is 11.2. The number of aliphatic hydroxyl groups is 1. The second kappa shape index (κ2) is 5.31. The summed E-state index contributed by atoms with van der Waals surface area (Å²) in [7, 11) is 1.62. The Morgan fingerprint density at radius 2 is 1.90 bits per heavy atom. The highest BCUT2D eigenvalue weighted by Crippen LogP contribution is 2.29. The molecule has 100 valence electrons. The van der Waals surface area contributed by atoms with Gasteiger partial charge in [-0.15, -0.1) is 0 Å². The Hall–Kier alpha value is -2.39. The van der Waals surface area contributed by atoms with Gasteiger partial charge in [0.2, 0.25) is 0 Å². The van der Waals surface area contributed by atoms with Crippen molar-refractivity contribution in [3.63, 3.8) is 0 Å². The third-order valence-electron chi connectivity index (χ3n) is 3.39. The molecule has 0 saturated carbocycles. The Balaban J connectivity index is 2.10. The molecule has 3 nitrogen and oxygen atoms in total. The molecule has 2 aromatic carbocycles. The maximum Gasteiger partial charge on any atom is 0.119 e. The van der Waals surface area contributed by atoms with Gasteiger partial charge in [-0.05, 0) is 35.4 Å². The van der Waals surface area contributed by atoms with Crippen LogP contribution in [0.4, 0.5) is 0 Å². The quantitative estimate of drug-likeness (QED) is 0.790. The first kappa shape index (κ1) is 12.6. The summed E-state index contributed by atoms with van der Waals surface area (Å²) in [4.78, 5) is 4.32. The molecule has 1 heterocycles. The highest BCUT2D eigenvalue weighted by atomic mass is 16.5. The molecule has 1 atom stereocenters. The summed E-state index contributed by atoms with van der Waals surface area (Å²) in [6.07, 6.45) is 1.03. The Morgan fingerprint density at radius 1 is 1.05 bits per heavy atom. The lowest BCUT2D eigenvalue weighted by Crippen LogP contribution is -2.01. The second-order valence-corrected chi connectivity index (χ2v) is 4.60. The number of ether oxygens (including phenoxy) is 1. The van der Waals surface area contributed by atoms with Gasteiger partial charge in [-0.25, -0.2) is 0 Å². The maximum atomic E-state index is 10.6. The monoisotopic (exact) mass is 265 g/mol. The number of nitrogens with zero attached hydrogens (tertiary/aromatic N) is 1. The molecule has 0 aliphatic heterocycles. The topological polar surface area (TPSA) is 42.4 Å². The van der Waals surface area contributed by atoms with Crippen LogP contribution in [-0.2, 0) is 0 Å². The van der Waals surface area contributed by atoms with Gasteiger partial charge in [-0.3, -0.25) is 4.98 Å². The van der Waals surface area contributed by atoms with E-state index in [1.165, 1.54) is 0 Å². The van der Waals surface area contributed by atoms with Crippen LogP contribution in [0.5, 0.6) is 5.75 Å². The Kier molecular flexibility index (Phi) is 3.35. The average Bonchev–Trinajstić information content (AvgIpc) is 2.53. The molecule has 0 spiro atoms. The smallest absolute Gasteiger partial charge is 0.119 e. The summed E-state index contributed by atoms with van der Waals surface area (Å²) >= 11 is 0. The lowest BCUT2D eigenvalue weighted by molar-refractivity contribution is 0.221. The van der Waals surface area contributed by atoms with Crippen molar-refractivity contribution in [1.29, 1.82) is 0 Å². The van der Waals surface area contributed by atoms with Crippen molar-refractivity contribution >= 4 is 10.9 Å². The van der Waals surface area contributed by atoms with Crippen LogP contribution in [0.25, 0.3) is 10.9 Å². The van der Waals surface area contributed by atoms with Gasteiger partial charge < -0.3 is 9.84 Å². The summed E-state index contributed by atoms with van der Waals surface area (Å²) in [5.41, 5.74) is 2.54. The minimum absolute atomic E-state index is 0.696. The number of rotatable bonds is 3. The molecule has 3 aromatic rings. The summed E-state index contributed by atoms with van der Waals surface area (Å²) in [5.74, 6) is 0.736. The zero-order valence-corrected chi connectivity index (χ0v) is 11.2. The molecule has 3 rings (SSSR count). The number of para-hydroxylation sites is 1. The van der Waals surface area contributed by atoms with Gasteiger partial charge in [0, 0.05) is 11.6 Å². The number of aliphatic hydroxyl groups excluding tert-OH is 1. The molecule has 0 fully saturated rings. The number of aromatic nitrogens is 1. The number of hydrogen-bond donors (Lipinski definition) is 1. The first-order chi connectivity index (χ1) is 9.79. The van der Waals surface area contributed by atoms with E-state index in [1.807, 2.05) is 54.6 Å². The molecule has 1 aromatic heterocycles. The van der Waals surface area contributed by atoms with Gasteiger partial charge in [0.1, 0.15) is 11.9 Å². The number of benzene rings is 2. The van der Waals surface area contributed by atoms with Crippen LogP contribution in [-0.4, -0.2) is 17.2 Å². The fourth-order valence-corrected chi connectivity index (χ4v) is 2.35. The van der Waals surface area contributed by atoms with E-state index in [2.05, 4.69) is 4.98 Å². The van der Waals surface area contributed by atoms with Gasteiger partial charge in [0.25, 0.3) is 0 Å². The molecule has 0 aliphatic rings. The predicted octanol–water partition coefficient (Wildman–Crippen LogP) is 3.33. The largest absolute Gasteiger partial charge is 0.497 e. The van der Waals surface area contributed by atoms with E-state index in [-0.39, 0.29) is 0 Å². The number of methoxy groups -OCH3 is 1. The molecule has 0 radical (unpaired) electrons. The van der Waals surface area contributed by atoms with Crippen molar-refractivity contribution in [2.75, 3.05) is 7.11 Å². The van der Waals surface area contributed by atoms with Gasteiger partial charge in [-0.2, -0.15) is 0 Å². The molecule has 0 aliphatic carbocycles. The Bertz CT molecular complexity index is 734. The van der Waals surface area contributed by atoms with Crippen LogP contribution in [0.15, 0.2) is 60.8 Å². The van der Waals surface area contributed by atoms with Crippen molar-refractivity contribution in [2.24, 2.45) is 0 Å². The molecule has 1 N–H and O–H groups in total. The summed E-state index contributed by atoms with van der Waals surface area (Å²) < 4.78 is 5.20. The van der Waals surface area contributed by atoms with Crippen molar-refractivity contribution < 1.29 is 9.84 Å². The third kappa shape index (κ3) is 2.24. The third-order valence-corrected chi connectivity index (χ3v) is 3.39. The van der Waals surface area contributed by atoms with Crippen LogP contribution in [0, 0.1) is 0 Å². The Labute approximate surface area is 117 Å². The number of fused-ring (bicyclic) bond motifs is 1. The molecule has 0 amide bonds. The van der Waals surface area contributed by atoms with Gasteiger partial charge in [0.05, 0.1) is 12.6 Å². The van der Waals surface area contributed by atoms with Crippen molar-refractivity contribution in [1.82, 2.24) is 4.98 Å². The van der Waals surface area contributed by atoms with E-state index in [4.69, 9.17) is 4.74 Å². The zero-order chi connectivity index (χ0) is 13.9. The molecule has 0 saturated heterocycles. The highest BCUT2D eigenvalue weighted by molar-refractivity contribution is 5.82. The fraction of sp³-hybridized carbons (Fsp3) is 0.118. The molecular formula is C17H15NO2. The highest BCUT2D eigenvalue weighted by Gasteiger charge is 2.14. The lowest BCUT2D eigenvalue weighted by atomic mass is 9.98. The number of hydrogen-bond acceptors (Lipinski definition) is 3. The predicted molar refractivity (Wildman–Crippen MR) is 78.8 cm³/mol. The van der Waals surface area contributed by atoms with E-state index < -0.39 is 6.10 Å². The van der Waals surface area contributed by atoms with Crippen LogP contribution in [0.1, 0.15) is 17.2 Å². The van der Waals surface area contributed by atoms with E-state index in [9.17, 15) is 5.11 Å². The fourth-order valence-electron chi connectivity index (χ4n) is 2.35. The van der Waals surface area contributed by atoms with Crippen molar-refractivity contribution in [3.8, 4) is 5.75 Å². The van der Waals surface area contributed by atoms with E-state index in [1.54, 1.807) is 13.3 Å². The second-order valence-electron chi connectivity index (χ2n) is 4.60. The first-order valence-electron chi connectivity index (χ1n) is 6.45. The van der Waals surface area contributed by atoms with Crippen LogP contribution in [0.3, 0.4) is 0 Å².